The van der Waals surface area contributed by atoms with Crippen LogP contribution in [0.2, 0.25) is 0 Å². The molecule has 0 atom stereocenters. The highest BCUT2D eigenvalue weighted by Gasteiger charge is 2.27. The van der Waals surface area contributed by atoms with Gasteiger partial charge in [0.1, 0.15) is 17.3 Å². The first-order valence-corrected chi connectivity index (χ1v) is 12.8. The maximum Gasteiger partial charge on any atom is 0.303 e. The van der Waals surface area contributed by atoms with Crippen LogP contribution in [0.15, 0.2) is 103 Å². The first kappa shape index (κ1) is 25.9. The smallest absolute Gasteiger partial charge is 0.303 e. The molecule has 1 amide bonds. The Kier molecular flexibility index (Phi) is 7.86. The van der Waals surface area contributed by atoms with Crippen molar-refractivity contribution in [3.63, 3.8) is 0 Å². The summed E-state index contributed by atoms with van der Waals surface area (Å²) < 4.78 is 48.1. The fourth-order valence-electron chi connectivity index (χ4n) is 3.50. The Bertz CT molecular complexity index is 1460. The van der Waals surface area contributed by atoms with E-state index in [1.54, 1.807) is 54.6 Å². The predicted octanol–water partition coefficient (Wildman–Crippen LogP) is 5.68. The summed E-state index contributed by atoms with van der Waals surface area (Å²) in [5.74, 6) is 0.381. The SMILES string of the molecule is CN(C)S(=O)(=O)N(Cc1ccc(C(=O)Nc2ccc(Oc3ccccc3)cc2)cc1)c1ccccc1F. The minimum Gasteiger partial charge on any atom is -0.457 e. The lowest BCUT2D eigenvalue weighted by molar-refractivity contribution is 0.102. The van der Waals surface area contributed by atoms with Gasteiger partial charge in [-0.05, 0) is 66.2 Å². The molecule has 0 unspecified atom stereocenters. The number of carbonyl (C=O) groups excluding carboxylic acids is 1. The van der Waals surface area contributed by atoms with Gasteiger partial charge in [-0.1, -0.05) is 42.5 Å². The molecular formula is C28H26FN3O4S. The van der Waals surface area contributed by atoms with E-state index >= 15 is 0 Å². The van der Waals surface area contributed by atoms with Crippen LogP contribution in [0, 0.1) is 5.82 Å². The number of hydrogen-bond donors (Lipinski definition) is 1. The summed E-state index contributed by atoms with van der Waals surface area (Å²) in [6, 6.07) is 28.5. The van der Waals surface area contributed by atoms with E-state index in [4.69, 9.17) is 4.74 Å². The zero-order valence-electron chi connectivity index (χ0n) is 20.3. The lowest BCUT2D eigenvalue weighted by Crippen LogP contribution is -2.40. The van der Waals surface area contributed by atoms with Gasteiger partial charge in [-0.15, -0.1) is 0 Å². The van der Waals surface area contributed by atoms with Gasteiger partial charge < -0.3 is 10.1 Å². The molecule has 0 fully saturated rings. The summed E-state index contributed by atoms with van der Waals surface area (Å²) in [7, 11) is -1.19. The van der Waals surface area contributed by atoms with Crippen molar-refractivity contribution in [2.45, 2.75) is 6.54 Å². The molecule has 7 nitrogen and oxygen atoms in total. The van der Waals surface area contributed by atoms with E-state index in [1.165, 1.54) is 32.3 Å². The maximum absolute atomic E-state index is 14.5. The molecule has 4 aromatic rings. The van der Waals surface area contributed by atoms with Gasteiger partial charge in [-0.2, -0.15) is 12.7 Å². The van der Waals surface area contributed by atoms with Crippen LogP contribution in [-0.2, 0) is 16.8 Å². The van der Waals surface area contributed by atoms with Gasteiger partial charge in [0, 0.05) is 25.3 Å². The number of nitrogens with one attached hydrogen (secondary N) is 1. The molecule has 0 bridgehead atoms. The summed E-state index contributed by atoms with van der Waals surface area (Å²) in [6.07, 6.45) is 0. The van der Waals surface area contributed by atoms with Crippen LogP contribution in [-0.4, -0.2) is 32.7 Å². The quantitative estimate of drug-likeness (QED) is 0.308. The minimum absolute atomic E-state index is 0.0577. The molecule has 0 aliphatic rings. The average molecular weight is 520 g/mol. The molecule has 190 valence electrons. The van der Waals surface area contributed by atoms with Crippen molar-refractivity contribution in [1.29, 1.82) is 0 Å². The molecule has 0 saturated carbocycles. The predicted molar refractivity (Wildman–Crippen MR) is 143 cm³/mol. The van der Waals surface area contributed by atoms with Crippen LogP contribution in [0.3, 0.4) is 0 Å². The van der Waals surface area contributed by atoms with Gasteiger partial charge in [0.05, 0.1) is 12.2 Å². The molecule has 4 rings (SSSR count). The van der Waals surface area contributed by atoms with Gasteiger partial charge in [-0.3, -0.25) is 9.10 Å². The largest absolute Gasteiger partial charge is 0.457 e. The van der Waals surface area contributed by atoms with Crippen molar-refractivity contribution in [3.8, 4) is 11.5 Å². The van der Waals surface area contributed by atoms with E-state index in [9.17, 15) is 17.6 Å². The lowest BCUT2D eigenvalue weighted by Gasteiger charge is -2.27. The first-order valence-electron chi connectivity index (χ1n) is 11.4. The van der Waals surface area contributed by atoms with Gasteiger partial charge in [0.2, 0.25) is 0 Å². The number of ether oxygens (including phenoxy) is 1. The van der Waals surface area contributed by atoms with Gasteiger partial charge in [-0.25, -0.2) is 4.39 Å². The third-order valence-electron chi connectivity index (χ3n) is 5.49. The number of benzene rings is 4. The highest BCUT2D eigenvalue weighted by molar-refractivity contribution is 7.90. The van der Waals surface area contributed by atoms with Gasteiger partial charge in [0.15, 0.2) is 0 Å². The van der Waals surface area contributed by atoms with Crippen LogP contribution in [0.1, 0.15) is 15.9 Å². The summed E-state index contributed by atoms with van der Waals surface area (Å²) in [5, 5.41) is 2.82. The number of amides is 1. The minimum atomic E-state index is -3.97. The average Bonchev–Trinajstić information content (AvgIpc) is 2.90. The Morgan fingerprint density at radius 1 is 0.811 bits per heavy atom. The zero-order chi connectivity index (χ0) is 26.4. The second kappa shape index (κ2) is 11.2. The molecule has 0 spiro atoms. The van der Waals surface area contributed by atoms with E-state index < -0.39 is 16.0 Å². The third-order valence-corrected chi connectivity index (χ3v) is 7.30. The van der Waals surface area contributed by atoms with Gasteiger partial charge >= 0.3 is 10.2 Å². The summed E-state index contributed by atoms with van der Waals surface area (Å²) in [6.45, 7) is -0.105. The van der Waals surface area contributed by atoms with E-state index in [-0.39, 0.29) is 18.1 Å². The lowest BCUT2D eigenvalue weighted by atomic mass is 10.1. The van der Waals surface area contributed by atoms with Crippen molar-refractivity contribution in [2.24, 2.45) is 0 Å². The van der Waals surface area contributed by atoms with E-state index in [1.807, 2.05) is 30.3 Å². The van der Waals surface area contributed by atoms with Crippen LogP contribution in [0.4, 0.5) is 15.8 Å². The Balaban J connectivity index is 1.45. The number of para-hydroxylation sites is 2. The molecule has 37 heavy (non-hydrogen) atoms. The molecule has 0 heterocycles. The van der Waals surface area contributed by atoms with Crippen LogP contribution >= 0.6 is 0 Å². The molecule has 0 aliphatic heterocycles. The monoisotopic (exact) mass is 519 g/mol. The second-order valence-corrected chi connectivity index (χ2v) is 10.4. The van der Waals surface area contributed by atoms with Crippen LogP contribution in [0.25, 0.3) is 0 Å². The molecule has 0 radical (unpaired) electrons. The molecule has 1 N–H and O–H groups in total. The van der Waals surface area contributed by atoms with Gasteiger partial charge in [0.25, 0.3) is 5.91 Å². The van der Waals surface area contributed by atoms with E-state index in [0.29, 0.717) is 28.3 Å². The van der Waals surface area contributed by atoms with Crippen LogP contribution < -0.4 is 14.4 Å². The summed E-state index contributed by atoms with van der Waals surface area (Å²) >= 11 is 0. The standard InChI is InChI=1S/C28H26FN3O4S/c1-31(2)37(34,35)32(27-11-7-6-10-26(27)29)20-21-12-14-22(15-13-21)28(33)30-23-16-18-25(19-17-23)36-24-8-4-3-5-9-24/h3-19H,20H2,1-2H3,(H,30,33). The number of rotatable bonds is 9. The molecule has 9 heteroatoms. The molecule has 0 aromatic heterocycles. The van der Waals surface area contributed by atoms with Crippen LogP contribution in [0.5, 0.6) is 11.5 Å². The molecule has 0 aliphatic carbocycles. The van der Waals surface area contributed by atoms with Crippen molar-refractivity contribution in [3.05, 3.63) is 120 Å². The number of anilines is 2. The number of hydrogen-bond acceptors (Lipinski definition) is 4. The van der Waals surface area contributed by atoms with Crippen molar-refractivity contribution >= 4 is 27.5 Å². The number of carbonyl (C=O) groups is 1. The van der Waals surface area contributed by atoms with E-state index in [0.717, 1.165) is 8.61 Å². The molecule has 4 aromatic carbocycles. The van der Waals surface area contributed by atoms with E-state index in [2.05, 4.69) is 5.32 Å². The Labute approximate surface area is 215 Å². The fourth-order valence-corrected chi connectivity index (χ4v) is 4.61. The topological polar surface area (TPSA) is 79.0 Å². The Morgan fingerprint density at radius 3 is 2.03 bits per heavy atom. The summed E-state index contributed by atoms with van der Waals surface area (Å²) in [4.78, 5) is 12.7. The highest BCUT2D eigenvalue weighted by atomic mass is 32.2. The maximum atomic E-state index is 14.5. The Hall–Kier alpha value is -4.21. The van der Waals surface area contributed by atoms with Crippen molar-refractivity contribution in [1.82, 2.24) is 4.31 Å². The third kappa shape index (κ3) is 6.32. The number of nitrogens with zero attached hydrogens (tertiary/aromatic N) is 2. The Morgan fingerprint density at radius 2 is 1.41 bits per heavy atom. The first-order chi connectivity index (χ1) is 17.7. The highest BCUT2D eigenvalue weighted by Crippen LogP contribution is 2.26. The molecule has 0 saturated heterocycles. The number of halogens is 1. The molecular weight excluding hydrogens is 493 g/mol. The fraction of sp³-hybridized carbons (Fsp3) is 0.107. The van der Waals surface area contributed by atoms with Crippen molar-refractivity contribution < 1.29 is 22.3 Å². The van der Waals surface area contributed by atoms with Crippen molar-refractivity contribution in [2.75, 3.05) is 23.7 Å². The summed E-state index contributed by atoms with van der Waals surface area (Å²) in [5.41, 5.74) is 1.52. The zero-order valence-corrected chi connectivity index (χ0v) is 21.2. The normalized spacial score (nSPS) is 11.2. The second-order valence-electron chi connectivity index (χ2n) is 8.34.